The fourth-order valence-electron chi connectivity index (χ4n) is 7.61. The predicted molar refractivity (Wildman–Crippen MR) is 212 cm³/mol. The van der Waals surface area contributed by atoms with E-state index in [4.69, 9.17) is 4.42 Å². The van der Waals surface area contributed by atoms with Crippen molar-refractivity contribution >= 4 is 71.3 Å². The summed E-state index contributed by atoms with van der Waals surface area (Å²) in [7, 11) is 0. The van der Waals surface area contributed by atoms with Crippen molar-refractivity contribution in [3.8, 4) is 22.3 Å². The molecule has 0 N–H and O–H groups in total. The summed E-state index contributed by atoms with van der Waals surface area (Å²) in [6, 6.07) is 67.5. The van der Waals surface area contributed by atoms with E-state index in [0.717, 1.165) is 44.4 Å². The quantitative estimate of drug-likeness (QED) is 0.187. The number of fused-ring (bicyclic) bond motifs is 7. The van der Waals surface area contributed by atoms with Gasteiger partial charge in [-0.15, -0.1) is 0 Å². The van der Waals surface area contributed by atoms with Crippen molar-refractivity contribution < 1.29 is 4.42 Å². The van der Waals surface area contributed by atoms with Crippen LogP contribution in [0.2, 0.25) is 0 Å². The van der Waals surface area contributed by atoms with E-state index in [1.165, 1.54) is 49.2 Å². The zero-order chi connectivity index (χ0) is 33.0. The summed E-state index contributed by atoms with van der Waals surface area (Å²) in [6.07, 6.45) is 0. The van der Waals surface area contributed by atoms with Gasteiger partial charge in [0.2, 0.25) is 0 Å². The molecule has 0 aliphatic carbocycles. The van der Waals surface area contributed by atoms with Gasteiger partial charge < -0.3 is 9.32 Å². The molecule has 2 nitrogen and oxygen atoms in total. The number of hydrogen-bond acceptors (Lipinski definition) is 2. The van der Waals surface area contributed by atoms with Crippen LogP contribution in [0.1, 0.15) is 0 Å². The summed E-state index contributed by atoms with van der Waals surface area (Å²) >= 11 is 0. The Labute approximate surface area is 290 Å². The maximum Gasteiger partial charge on any atom is 0.143 e. The van der Waals surface area contributed by atoms with Crippen molar-refractivity contribution in [1.82, 2.24) is 0 Å². The molecular formula is C48H31NO. The highest BCUT2D eigenvalue weighted by Gasteiger charge is 2.22. The summed E-state index contributed by atoms with van der Waals surface area (Å²) in [4.78, 5) is 2.39. The average molecular weight is 638 g/mol. The molecule has 10 aromatic rings. The van der Waals surface area contributed by atoms with E-state index in [-0.39, 0.29) is 0 Å². The molecule has 0 bridgehead atoms. The lowest BCUT2D eigenvalue weighted by Gasteiger charge is -2.27. The van der Waals surface area contributed by atoms with Gasteiger partial charge in [-0.05, 0) is 97.7 Å². The summed E-state index contributed by atoms with van der Waals surface area (Å²) in [5, 5.41) is 9.31. The Hall–Kier alpha value is -6.64. The first-order valence-electron chi connectivity index (χ1n) is 17.1. The third kappa shape index (κ3) is 4.65. The van der Waals surface area contributed by atoms with E-state index in [9.17, 15) is 0 Å². The van der Waals surface area contributed by atoms with Crippen molar-refractivity contribution in [3.63, 3.8) is 0 Å². The SMILES string of the molecule is c1ccc(-c2cccc(-c3cc4c(oc5cccc(N(c6ccc7ccccc7c6)c6ccc7ccccc7c6)c54)c4ccccc34)c2)cc1. The van der Waals surface area contributed by atoms with E-state index in [1.807, 2.05) is 0 Å². The minimum Gasteiger partial charge on any atom is -0.455 e. The van der Waals surface area contributed by atoms with Crippen LogP contribution in [0.25, 0.3) is 76.5 Å². The second-order valence-electron chi connectivity index (χ2n) is 12.9. The topological polar surface area (TPSA) is 16.4 Å². The second-order valence-corrected chi connectivity index (χ2v) is 12.9. The molecule has 10 rings (SSSR count). The highest BCUT2D eigenvalue weighted by molar-refractivity contribution is 6.22. The third-order valence-corrected chi connectivity index (χ3v) is 9.98. The molecule has 0 amide bonds. The Kier molecular flexibility index (Phi) is 6.53. The zero-order valence-electron chi connectivity index (χ0n) is 27.3. The van der Waals surface area contributed by atoms with Crippen molar-refractivity contribution in [3.05, 3.63) is 188 Å². The minimum absolute atomic E-state index is 0.865. The van der Waals surface area contributed by atoms with Gasteiger partial charge >= 0.3 is 0 Å². The fourth-order valence-corrected chi connectivity index (χ4v) is 7.61. The fraction of sp³-hybridized carbons (Fsp3) is 0. The summed E-state index contributed by atoms with van der Waals surface area (Å²) in [5.41, 5.74) is 9.80. The number of anilines is 3. The number of nitrogens with zero attached hydrogens (tertiary/aromatic N) is 1. The van der Waals surface area contributed by atoms with E-state index < -0.39 is 0 Å². The first kappa shape index (κ1) is 28.4. The molecule has 0 saturated heterocycles. The highest BCUT2D eigenvalue weighted by atomic mass is 16.3. The van der Waals surface area contributed by atoms with Crippen LogP contribution in [-0.4, -0.2) is 0 Å². The van der Waals surface area contributed by atoms with E-state index >= 15 is 0 Å². The van der Waals surface area contributed by atoms with Gasteiger partial charge in [0.15, 0.2) is 0 Å². The molecule has 0 aliphatic heterocycles. The highest BCUT2D eigenvalue weighted by Crippen LogP contribution is 2.47. The molecular weight excluding hydrogens is 607 g/mol. The standard InChI is InChI=1S/C48H31NO/c1-2-12-32(13-3-1)35-18-10-19-38(28-35)43-31-44-47-45(22-11-23-46(47)50-48(44)42-21-9-8-20-41(42)43)49(39-26-24-33-14-4-6-16-36(33)29-39)40-27-25-34-15-5-7-17-37(34)30-40/h1-31H. The van der Waals surface area contributed by atoms with Gasteiger partial charge in [0.1, 0.15) is 11.2 Å². The molecule has 0 saturated carbocycles. The van der Waals surface area contributed by atoms with Crippen molar-refractivity contribution in [2.24, 2.45) is 0 Å². The summed E-state index contributed by atoms with van der Waals surface area (Å²) in [6.45, 7) is 0. The first-order valence-corrected chi connectivity index (χ1v) is 17.1. The maximum absolute atomic E-state index is 6.83. The van der Waals surface area contributed by atoms with Crippen LogP contribution < -0.4 is 4.90 Å². The lowest BCUT2D eigenvalue weighted by Crippen LogP contribution is -2.10. The Morgan fingerprint density at radius 1 is 0.360 bits per heavy atom. The van der Waals surface area contributed by atoms with Crippen LogP contribution in [0, 0.1) is 0 Å². The Balaban J connectivity index is 1.26. The van der Waals surface area contributed by atoms with Crippen molar-refractivity contribution in [1.29, 1.82) is 0 Å². The lowest BCUT2D eigenvalue weighted by atomic mass is 9.93. The van der Waals surface area contributed by atoms with Crippen molar-refractivity contribution in [2.75, 3.05) is 4.90 Å². The van der Waals surface area contributed by atoms with Gasteiger partial charge in [-0.25, -0.2) is 0 Å². The smallest absolute Gasteiger partial charge is 0.143 e. The third-order valence-electron chi connectivity index (χ3n) is 9.98. The van der Waals surface area contributed by atoms with Gasteiger partial charge in [0, 0.05) is 22.1 Å². The Morgan fingerprint density at radius 3 is 1.66 bits per heavy atom. The molecule has 234 valence electrons. The molecule has 1 heterocycles. The van der Waals surface area contributed by atoms with Gasteiger partial charge in [-0.2, -0.15) is 0 Å². The van der Waals surface area contributed by atoms with Crippen LogP contribution in [0.5, 0.6) is 0 Å². The van der Waals surface area contributed by atoms with Gasteiger partial charge in [-0.1, -0.05) is 140 Å². The predicted octanol–water partition coefficient (Wildman–Crippen LogP) is 13.8. The first-order chi connectivity index (χ1) is 24.8. The molecule has 0 spiro atoms. The van der Waals surface area contributed by atoms with Crippen LogP contribution in [0.4, 0.5) is 17.1 Å². The normalized spacial score (nSPS) is 11.6. The monoisotopic (exact) mass is 637 g/mol. The molecule has 0 fully saturated rings. The molecule has 2 heteroatoms. The molecule has 0 radical (unpaired) electrons. The average Bonchev–Trinajstić information content (AvgIpc) is 3.58. The van der Waals surface area contributed by atoms with E-state index in [1.54, 1.807) is 0 Å². The van der Waals surface area contributed by atoms with Crippen LogP contribution in [-0.2, 0) is 0 Å². The maximum atomic E-state index is 6.83. The van der Waals surface area contributed by atoms with Gasteiger partial charge in [0.05, 0.1) is 11.1 Å². The Bertz CT molecular complexity index is 2800. The number of furan rings is 1. The molecule has 1 aromatic heterocycles. The van der Waals surface area contributed by atoms with Crippen LogP contribution in [0.3, 0.4) is 0 Å². The minimum atomic E-state index is 0.865. The summed E-state index contributed by atoms with van der Waals surface area (Å²) in [5.74, 6) is 0. The second kappa shape index (κ2) is 11.5. The number of benzene rings is 9. The number of hydrogen-bond donors (Lipinski definition) is 0. The molecule has 9 aromatic carbocycles. The van der Waals surface area contributed by atoms with Gasteiger partial charge in [-0.3, -0.25) is 0 Å². The van der Waals surface area contributed by atoms with Crippen LogP contribution in [0.15, 0.2) is 192 Å². The molecule has 0 unspecified atom stereocenters. The van der Waals surface area contributed by atoms with Gasteiger partial charge in [0.25, 0.3) is 0 Å². The number of rotatable bonds is 5. The molecule has 0 aliphatic rings. The molecule has 50 heavy (non-hydrogen) atoms. The van der Waals surface area contributed by atoms with E-state index in [2.05, 4.69) is 193 Å². The molecule has 0 atom stereocenters. The van der Waals surface area contributed by atoms with Crippen LogP contribution >= 0.6 is 0 Å². The largest absolute Gasteiger partial charge is 0.455 e. The Morgan fingerprint density at radius 2 is 0.940 bits per heavy atom. The zero-order valence-corrected chi connectivity index (χ0v) is 27.3. The summed E-state index contributed by atoms with van der Waals surface area (Å²) < 4.78 is 6.83. The van der Waals surface area contributed by atoms with Crippen molar-refractivity contribution in [2.45, 2.75) is 0 Å². The van der Waals surface area contributed by atoms with E-state index in [0.29, 0.717) is 0 Å². The lowest BCUT2D eigenvalue weighted by molar-refractivity contribution is 0.672.